The summed E-state index contributed by atoms with van der Waals surface area (Å²) in [6, 6.07) is 11.9. The highest BCUT2D eigenvalue weighted by Crippen LogP contribution is 2.44. The van der Waals surface area contributed by atoms with Crippen LogP contribution in [0.1, 0.15) is 35.1 Å². The highest BCUT2D eigenvalue weighted by molar-refractivity contribution is 6.02. The number of benzene rings is 2. The van der Waals surface area contributed by atoms with Crippen LogP contribution in [0.3, 0.4) is 0 Å². The summed E-state index contributed by atoms with van der Waals surface area (Å²) in [5, 5.41) is 0. The van der Waals surface area contributed by atoms with Crippen molar-refractivity contribution in [1.82, 2.24) is 4.90 Å². The first-order valence-corrected chi connectivity index (χ1v) is 8.61. The van der Waals surface area contributed by atoms with Gasteiger partial charge in [-0.15, -0.1) is 0 Å². The third kappa shape index (κ3) is 3.28. The second-order valence-electron chi connectivity index (χ2n) is 6.90. The summed E-state index contributed by atoms with van der Waals surface area (Å²) in [4.78, 5) is 18.9. The first-order chi connectivity index (χ1) is 13.1. The molecular weight excluding hydrogens is 367 g/mol. The lowest BCUT2D eigenvalue weighted by Crippen LogP contribution is -2.52. The molecule has 2 unspecified atom stereocenters. The molecule has 0 aromatic heterocycles. The molecule has 1 amide bonds. The largest absolute Gasteiger partial charge is 0.416 e. The summed E-state index contributed by atoms with van der Waals surface area (Å²) in [7, 11) is 1.50. The van der Waals surface area contributed by atoms with Crippen LogP contribution in [0.2, 0.25) is 0 Å². The van der Waals surface area contributed by atoms with Crippen LogP contribution in [0.4, 0.5) is 13.2 Å². The minimum Gasteiger partial charge on any atom is -0.369 e. The normalized spacial score (nSPS) is 22.8. The first-order valence-electron chi connectivity index (χ1n) is 8.61. The van der Waals surface area contributed by atoms with Crippen LogP contribution in [-0.4, -0.2) is 23.8 Å². The van der Waals surface area contributed by atoms with Gasteiger partial charge < -0.3 is 5.73 Å². The van der Waals surface area contributed by atoms with Crippen molar-refractivity contribution in [3.8, 4) is 0 Å². The topological polar surface area (TPSA) is 58.7 Å². The van der Waals surface area contributed by atoms with E-state index in [0.29, 0.717) is 5.56 Å². The fourth-order valence-electron chi connectivity index (χ4n) is 3.47. The quantitative estimate of drug-likeness (QED) is 0.861. The van der Waals surface area contributed by atoms with Gasteiger partial charge in [0.1, 0.15) is 5.54 Å². The SMILES string of the molecule is C=Cc1cccc(C2(C)N=C(N)N(C)C(=O)C2c2ccc(C(F)(F)F)cc2)c1. The number of likely N-dealkylation sites (N-methyl/N-ethyl adjacent to an activating group) is 1. The summed E-state index contributed by atoms with van der Waals surface area (Å²) in [5.41, 5.74) is 6.11. The lowest BCUT2D eigenvalue weighted by atomic mass is 9.74. The Morgan fingerprint density at radius 1 is 1.21 bits per heavy atom. The summed E-state index contributed by atoms with van der Waals surface area (Å²) in [6.45, 7) is 5.51. The zero-order chi connectivity index (χ0) is 20.7. The maximum Gasteiger partial charge on any atom is 0.416 e. The number of carbonyl (C=O) groups excluding carboxylic acids is 1. The number of nitrogens with zero attached hydrogens (tertiary/aromatic N) is 2. The highest BCUT2D eigenvalue weighted by Gasteiger charge is 2.47. The average molecular weight is 387 g/mol. The summed E-state index contributed by atoms with van der Waals surface area (Å²) >= 11 is 0. The molecule has 2 N–H and O–H groups in total. The van der Waals surface area contributed by atoms with Crippen molar-refractivity contribution in [1.29, 1.82) is 0 Å². The Morgan fingerprint density at radius 2 is 1.86 bits per heavy atom. The number of rotatable bonds is 3. The van der Waals surface area contributed by atoms with Gasteiger partial charge in [-0.05, 0) is 41.8 Å². The molecule has 0 bridgehead atoms. The maximum atomic E-state index is 13.1. The number of amides is 1. The van der Waals surface area contributed by atoms with E-state index >= 15 is 0 Å². The van der Waals surface area contributed by atoms with Gasteiger partial charge in [-0.3, -0.25) is 9.69 Å². The Labute approximate surface area is 161 Å². The van der Waals surface area contributed by atoms with Gasteiger partial charge in [0, 0.05) is 7.05 Å². The summed E-state index contributed by atoms with van der Waals surface area (Å²) in [6.07, 6.45) is -2.78. The van der Waals surface area contributed by atoms with E-state index in [4.69, 9.17) is 5.73 Å². The second kappa shape index (κ2) is 6.82. The molecule has 2 atom stereocenters. The molecule has 0 fully saturated rings. The Morgan fingerprint density at radius 3 is 2.43 bits per heavy atom. The Balaban J connectivity index is 2.17. The predicted molar refractivity (Wildman–Crippen MR) is 102 cm³/mol. The van der Waals surface area contributed by atoms with Crippen molar-refractivity contribution in [3.63, 3.8) is 0 Å². The summed E-state index contributed by atoms with van der Waals surface area (Å²) in [5.74, 6) is -1.11. The van der Waals surface area contributed by atoms with Crippen molar-refractivity contribution >= 4 is 17.9 Å². The number of nitrogens with two attached hydrogens (primary N) is 1. The van der Waals surface area contributed by atoms with E-state index in [1.807, 2.05) is 24.3 Å². The number of hydrogen-bond acceptors (Lipinski definition) is 3. The highest BCUT2D eigenvalue weighted by atomic mass is 19.4. The number of guanidine groups is 1. The van der Waals surface area contributed by atoms with Crippen LogP contribution >= 0.6 is 0 Å². The molecule has 0 aliphatic carbocycles. The Bertz CT molecular complexity index is 950. The number of alkyl halides is 3. The van der Waals surface area contributed by atoms with Crippen LogP contribution in [-0.2, 0) is 16.5 Å². The van der Waals surface area contributed by atoms with Crippen molar-refractivity contribution < 1.29 is 18.0 Å². The van der Waals surface area contributed by atoms with E-state index in [1.165, 1.54) is 24.1 Å². The van der Waals surface area contributed by atoms with Crippen LogP contribution < -0.4 is 5.73 Å². The van der Waals surface area contributed by atoms with Gasteiger partial charge in [0.15, 0.2) is 5.96 Å². The van der Waals surface area contributed by atoms with Crippen molar-refractivity contribution in [3.05, 3.63) is 77.4 Å². The standard InChI is InChI=1S/C21H20F3N3O/c1-4-13-6-5-7-16(12-13)20(2)17(18(28)27(3)19(25)26-20)14-8-10-15(11-9-14)21(22,23)24/h4-12,17H,1H2,2-3H3,(H2,25,26). The van der Waals surface area contributed by atoms with Crippen molar-refractivity contribution in [2.45, 2.75) is 24.6 Å². The van der Waals surface area contributed by atoms with Crippen molar-refractivity contribution in [2.24, 2.45) is 10.7 Å². The number of carbonyl (C=O) groups is 1. The van der Waals surface area contributed by atoms with Gasteiger partial charge in [0.05, 0.1) is 11.5 Å². The minimum absolute atomic E-state index is 0.0552. The lowest BCUT2D eigenvalue weighted by Gasteiger charge is -2.41. The smallest absolute Gasteiger partial charge is 0.369 e. The van der Waals surface area contributed by atoms with Crippen molar-refractivity contribution in [2.75, 3.05) is 7.05 Å². The molecule has 0 radical (unpaired) electrons. The molecule has 3 rings (SSSR count). The average Bonchev–Trinajstić information content (AvgIpc) is 2.66. The molecule has 1 heterocycles. The fourth-order valence-corrected chi connectivity index (χ4v) is 3.47. The van der Waals surface area contributed by atoms with Gasteiger partial charge in [0.25, 0.3) is 0 Å². The molecule has 0 saturated heterocycles. The van der Waals surface area contributed by atoms with Crippen LogP contribution in [0.15, 0.2) is 60.1 Å². The molecule has 28 heavy (non-hydrogen) atoms. The molecule has 0 saturated carbocycles. The van der Waals surface area contributed by atoms with E-state index in [1.54, 1.807) is 13.0 Å². The van der Waals surface area contributed by atoms with Gasteiger partial charge in [0.2, 0.25) is 5.91 Å². The Kier molecular flexibility index (Phi) is 4.79. The molecule has 2 aromatic rings. The maximum absolute atomic E-state index is 13.1. The van der Waals surface area contributed by atoms with E-state index in [-0.39, 0.29) is 11.9 Å². The molecule has 7 heteroatoms. The molecule has 1 aliphatic heterocycles. The van der Waals surface area contributed by atoms with Gasteiger partial charge in [-0.1, -0.05) is 43.0 Å². The van der Waals surface area contributed by atoms with E-state index < -0.39 is 23.2 Å². The minimum atomic E-state index is -4.45. The predicted octanol–water partition coefficient (Wildman–Crippen LogP) is 4.13. The first kappa shape index (κ1) is 19.7. The van der Waals surface area contributed by atoms with E-state index in [0.717, 1.165) is 23.3 Å². The monoisotopic (exact) mass is 387 g/mol. The molecular formula is C21H20F3N3O. The van der Waals surface area contributed by atoms with E-state index in [9.17, 15) is 18.0 Å². The molecule has 146 valence electrons. The molecule has 1 aliphatic rings. The number of aliphatic imine (C=N–C) groups is 1. The zero-order valence-corrected chi connectivity index (χ0v) is 15.5. The third-order valence-corrected chi connectivity index (χ3v) is 5.11. The van der Waals surface area contributed by atoms with Gasteiger partial charge in [-0.2, -0.15) is 13.2 Å². The molecule has 2 aromatic carbocycles. The van der Waals surface area contributed by atoms with E-state index in [2.05, 4.69) is 11.6 Å². The van der Waals surface area contributed by atoms with Gasteiger partial charge in [-0.25, -0.2) is 4.99 Å². The van der Waals surface area contributed by atoms with Crippen LogP contribution in [0, 0.1) is 0 Å². The second-order valence-corrected chi connectivity index (χ2v) is 6.90. The van der Waals surface area contributed by atoms with Gasteiger partial charge >= 0.3 is 6.18 Å². The third-order valence-electron chi connectivity index (χ3n) is 5.11. The van der Waals surface area contributed by atoms with Crippen LogP contribution in [0.25, 0.3) is 6.08 Å². The zero-order valence-electron chi connectivity index (χ0n) is 15.5. The lowest BCUT2D eigenvalue weighted by molar-refractivity contribution is -0.137. The molecule has 4 nitrogen and oxygen atoms in total. The number of halogens is 3. The Hall–Kier alpha value is -3.09. The summed E-state index contributed by atoms with van der Waals surface area (Å²) < 4.78 is 38.8. The fraction of sp³-hybridized carbons (Fsp3) is 0.238. The van der Waals surface area contributed by atoms with Crippen LogP contribution in [0.5, 0.6) is 0 Å². The number of hydrogen-bond donors (Lipinski definition) is 1. The molecule has 0 spiro atoms.